The Labute approximate surface area is 230 Å². The molecule has 2 fully saturated rings. The molecular formula is C32H37N7. The minimum Gasteiger partial charge on any atom is -0.381 e. The third-order valence-corrected chi connectivity index (χ3v) is 7.93. The SMILES string of the molecule is C=C(NC1CCCC1)c1ccc(NC(=C)c2n[nH]c3ccc(-c4cncc(CN5CCCCC5)c4)cc23)cn1. The number of aromatic amines is 1. The van der Waals surface area contributed by atoms with Gasteiger partial charge >= 0.3 is 0 Å². The zero-order chi connectivity index (χ0) is 26.6. The van der Waals surface area contributed by atoms with Crippen LogP contribution in [0.3, 0.4) is 0 Å². The number of nitrogens with one attached hydrogen (secondary N) is 3. The molecule has 1 aliphatic carbocycles. The van der Waals surface area contributed by atoms with Gasteiger partial charge in [-0.15, -0.1) is 0 Å². The molecule has 39 heavy (non-hydrogen) atoms. The molecule has 0 bridgehead atoms. The van der Waals surface area contributed by atoms with E-state index < -0.39 is 0 Å². The van der Waals surface area contributed by atoms with Crippen LogP contribution in [0, 0.1) is 0 Å². The van der Waals surface area contributed by atoms with E-state index in [1.807, 2.05) is 30.7 Å². The number of anilines is 1. The molecule has 7 nitrogen and oxygen atoms in total. The van der Waals surface area contributed by atoms with E-state index in [0.29, 0.717) is 11.7 Å². The summed E-state index contributed by atoms with van der Waals surface area (Å²) in [5.74, 6) is 0. The zero-order valence-electron chi connectivity index (χ0n) is 22.5. The number of nitrogens with zero attached hydrogens (tertiary/aromatic N) is 4. The second-order valence-electron chi connectivity index (χ2n) is 10.9. The summed E-state index contributed by atoms with van der Waals surface area (Å²) in [7, 11) is 0. The molecule has 200 valence electrons. The normalized spacial score (nSPS) is 16.4. The van der Waals surface area contributed by atoms with E-state index in [1.165, 1.54) is 63.6 Å². The standard InChI is InChI=1S/C32H37N7/c1-22(35-27-8-4-5-9-27)30-13-11-28(20-34-30)36-23(2)32-29-17-25(10-12-31(29)37-38-32)26-16-24(18-33-19-26)21-39-14-6-3-7-15-39/h10-13,16-20,27,35-36H,1-9,14-15,21H2,(H,37,38). The first kappa shape index (κ1) is 25.3. The minimum absolute atomic E-state index is 0.516. The van der Waals surface area contributed by atoms with Gasteiger partial charge in [0.15, 0.2) is 0 Å². The number of H-pyrrole nitrogens is 1. The molecule has 1 saturated carbocycles. The largest absolute Gasteiger partial charge is 0.381 e. The Morgan fingerprint density at radius 1 is 0.897 bits per heavy atom. The molecule has 0 unspecified atom stereocenters. The number of likely N-dealkylation sites (tertiary alicyclic amines) is 1. The van der Waals surface area contributed by atoms with Crippen LogP contribution in [0.15, 0.2) is 68.1 Å². The first-order chi connectivity index (χ1) is 19.1. The fraction of sp³-hybridized carbons (Fsp3) is 0.344. The van der Waals surface area contributed by atoms with Gasteiger partial charge in [-0.25, -0.2) is 0 Å². The predicted octanol–water partition coefficient (Wildman–Crippen LogP) is 6.59. The number of pyridine rings is 2. The lowest BCUT2D eigenvalue weighted by Gasteiger charge is -2.26. The Kier molecular flexibility index (Phi) is 7.41. The van der Waals surface area contributed by atoms with Crippen LogP contribution in [0.2, 0.25) is 0 Å². The zero-order valence-corrected chi connectivity index (χ0v) is 22.5. The monoisotopic (exact) mass is 519 g/mol. The molecule has 1 aromatic carbocycles. The second-order valence-corrected chi connectivity index (χ2v) is 10.9. The fourth-order valence-corrected chi connectivity index (χ4v) is 5.80. The van der Waals surface area contributed by atoms with Gasteiger partial charge in [-0.1, -0.05) is 38.5 Å². The molecule has 3 N–H and O–H groups in total. The molecule has 0 spiro atoms. The van der Waals surface area contributed by atoms with Crippen LogP contribution in [0.1, 0.15) is 61.9 Å². The van der Waals surface area contributed by atoms with E-state index >= 15 is 0 Å². The Morgan fingerprint density at radius 3 is 2.54 bits per heavy atom. The average molecular weight is 520 g/mol. The molecule has 4 aromatic rings. The topological polar surface area (TPSA) is 81.8 Å². The molecule has 7 heteroatoms. The van der Waals surface area contributed by atoms with Gasteiger partial charge < -0.3 is 10.6 Å². The maximum Gasteiger partial charge on any atom is 0.116 e. The van der Waals surface area contributed by atoms with Crippen LogP contribution in [0.4, 0.5) is 5.69 Å². The third kappa shape index (κ3) is 5.88. The summed E-state index contributed by atoms with van der Waals surface area (Å²) >= 11 is 0. The van der Waals surface area contributed by atoms with E-state index in [1.54, 1.807) is 0 Å². The number of hydrogen-bond acceptors (Lipinski definition) is 6. The van der Waals surface area contributed by atoms with Gasteiger partial charge in [0.25, 0.3) is 0 Å². The summed E-state index contributed by atoms with van der Waals surface area (Å²) in [5.41, 5.74) is 8.57. The smallest absolute Gasteiger partial charge is 0.116 e. The van der Waals surface area contributed by atoms with Crippen LogP contribution in [-0.4, -0.2) is 44.2 Å². The van der Waals surface area contributed by atoms with Crippen molar-refractivity contribution in [2.24, 2.45) is 0 Å². The molecule has 3 aromatic heterocycles. The molecule has 1 aliphatic heterocycles. The van der Waals surface area contributed by atoms with Crippen LogP contribution >= 0.6 is 0 Å². The molecule has 0 radical (unpaired) electrons. The summed E-state index contributed by atoms with van der Waals surface area (Å²) in [6.45, 7) is 11.8. The lowest BCUT2D eigenvalue weighted by molar-refractivity contribution is 0.220. The predicted molar refractivity (Wildman–Crippen MR) is 160 cm³/mol. The van der Waals surface area contributed by atoms with Crippen molar-refractivity contribution in [2.45, 2.75) is 57.5 Å². The van der Waals surface area contributed by atoms with Crippen molar-refractivity contribution in [3.05, 3.63) is 85.1 Å². The third-order valence-electron chi connectivity index (χ3n) is 7.93. The van der Waals surface area contributed by atoms with Crippen molar-refractivity contribution in [1.82, 2.24) is 30.4 Å². The van der Waals surface area contributed by atoms with Crippen molar-refractivity contribution < 1.29 is 0 Å². The van der Waals surface area contributed by atoms with Crippen molar-refractivity contribution in [2.75, 3.05) is 18.4 Å². The number of hydrogen-bond donors (Lipinski definition) is 3. The summed E-state index contributed by atoms with van der Waals surface area (Å²) in [6.07, 6.45) is 14.7. The Bertz CT molecular complexity index is 1460. The maximum atomic E-state index is 4.62. The van der Waals surface area contributed by atoms with Gasteiger partial charge in [0, 0.05) is 35.9 Å². The Morgan fingerprint density at radius 2 is 1.74 bits per heavy atom. The van der Waals surface area contributed by atoms with Gasteiger partial charge in [-0.05, 0) is 80.2 Å². The summed E-state index contributed by atoms with van der Waals surface area (Å²) in [5, 5.41) is 15.6. The Hall–Kier alpha value is -3.97. The second kappa shape index (κ2) is 11.4. The van der Waals surface area contributed by atoms with E-state index in [-0.39, 0.29) is 0 Å². The van der Waals surface area contributed by atoms with Gasteiger partial charge in [-0.2, -0.15) is 5.10 Å². The Balaban J connectivity index is 1.16. The van der Waals surface area contributed by atoms with Gasteiger partial charge in [0.2, 0.25) is 0 Å². The minimum atomic E-state index is 0.516. The number of fused-ring (bicyclic) bond motifs is 1. The molecule has 1 saturated heterocycles. The quantitative estimate of drug-likeness (QED) is 0.231. The molecule has 0 atom stereocenters. The van der Waals surface area contributed by atoms with E-state index in [0.717, 1.165) is 51.3 Å². The van der Waals surface area contributed by atoms with Crippen molar-refractivity contribution in [3.63, 3.8) is 0 Å². The number of piperidine rings is 1. The summed E-state index contributed by atoms with van der Waals surface area (Å²) in [4.78, 5) is 11.7. The fourth-order valence-electron chi connectivity index (χ4n) is 5.80. The average Bonchev–Trinajstić information content (AvgIpc) is 3.64. The van der Waals surface area contributed by atoms with Crippen molar-refractivity contribution >= 4 is 28.0 Å². The van der Waals surface area contributed by atoms with E-state index in [4.69, 9.17) is 0 Å². The number of rotatable bonds is 9. The first-order valence-corrected chi connectivity index (χ1v) is 14.2. The summed E-state index contributed by atoms with van der Waals surface area (Å²) < 4.78 is 0. The summed E-state index contributed by atoms with van der Waals surface area (Å²) in [6, 6.07) is 13.1. The highest BCUT2D eigenvalue weighted by Crippen LogP contribution is 2.29. The van der Waals surface area contributed by atoms with Gasteiger partial charge in [0.1, 0.15) is 5.69 Å². The highest BCUT2D eigenvalue weighted by molar-refractivity contribution is 5.95. The van der Waals surface area contributed by atoms with Gasteiger partial charge in [-0.3, -0.25) is 20.0 Å². The molecule has 6 rings (SSSR count). The molecule has 2 aliphatic rings. The van der Waals surface area contributed by atoms with E-state index in [9.17, 15) is 0 Å². The van der Waals surface area contributed by atoms with Crippen LogP contribution < -0.4 is 10.6 Å². The lowest BCUT2D eigenvalue weighted by Crippen LogP contribution is -2.29. The number of benzene rings is 1. The molecular weight excluding hydrogens is 482 g/mol. The lowest BCUT2D eigenvalue weighted by atomic mass is 10.0. The molecule has 4 heterocycles. The number of aromatic nitrogens is 4. The van der Waals surface area contributed by atoms with Gasteiger partial charge in [0.05, 0.1) is 34.5 Å². The van der Waals surface area contributed by atoms with Crippen LogP contribution in [0.25, 0.3) is 33.4 Å². The van der Waals surface area contributed by atoms with Crippen molar-refractivity contribution in [3.8, 4) is 11.1 Å². The van der Waals surface area contributed by atoms with Crippen molar-refractivity contribution in [1.29, 1.82) is 0 Å². The van der Waals surface area contributed by atoms with Crippen LogP contribution in [0.5, 0.6) is 0 Å². The molecule has 0 amide bonds. The highest BCUT2D eigenvalue weighted by Gasteiger charge is 2.16. The van der Waals surface area contributed by atoms with Crippen LogP contribution in [-0.2, 0) is 6.54 Å². The maximum absolute atomic E-state index is 4.62. The first-order valence-electron chi connectivity index (χ1n) is 14.2. The van der Waals surface area contributed by atoms with E-state index in [2.05, 4.69) is 73.1 Å². The highest BCUT2D eigenvalue weighted by atomic mass is 15.1.